The largest absolute Gasteiger partial charge is 0.467 e. The zero-order valence-corrected chi connectivity index (χ0v) is 23.9. The van der Waals surface area contributed by atoms with Crippen molar-refractivity contribution >= 4 is 33.6 Å². The van der Waals surface area contributed by atoms with Gasteiger partial charge in [-0.1, -0.05) is 36.1 Å². The van der Waals surface area contributed by atoms with Gasteiger partial charge in [-0.25, -0.2) is 13.6 Å². The first kappa shape index (κ1) is 26.4. The summed E-state index contributed by atoms with van der Waals surface area (Å²) >= 11 is 0. The number of halogens is 2. The molecule has 1 aromatic heterocycles. The highest BCUT2D eigenvalue weighted by molar-refractivity contribution is 6.07. The van der Waals surface area contributed by atoms with Crippen molar-refractivity contribution in [1.82, 2.24) is 14.9 Å². The molecule has 3 saturated heterocycles. The van der Waals surface area contributed by atoms with Crippen LogP contribution in [0, 0.1) is 23.5 Å². The van der Waals surface area contributed by atoms with Crippen LogP contribution < -0.4 is 9.64 Å². The Bertz CT molecular complexity index is 1860. The third-order valence-corrected chi connectivity index (χ3v) is 8.33. The minimum atomic E-state index is -0.595. The second-order valence-corrected chi connectivity index (χ2v) is 12.1. The van der Waals surface area contributed by atoms with E-state index < -0.39 is 17.2 Å². The molecule has 0 saturated carbocycles. The average molecular weight is 569 g/mol. The summed E-state index contributed by atoms with van der Waals surface area (Å²) in [5.74, 6) is 5.64. The number of rotatable bonds is 2. The molecular formula is C33H30F2N4O3. The molecule has 3 aliphatic heterocycles. The molecule has 4 heterocycles. The number of hydrogen-bond acceptors (Lipinski definition) is 6. The summed E-state index contributed by atoms with van der Waals surface area (Å²) in [4.78, 5) is 26.4. The highest BCUT2D eigenvalue weighted by atomic mass is 19.1. The van der Waals surface area contributed by atoms with Crippen LogP contribution in [0.2, 0.25) is 0 Å². The first-order valence-corrected chi connectivity index (χ1v) is 14.2. The maximum absolute atomic E-state index is 16.3. The molecule has 2 atom stereocenters. The molecular weight excluding hydrogens is 538 g/mol. The maximum Gasteiger partial charge on any atom is 0.410 e. The Kier molecular flexibility index (Phi) is 6.01. The quantitative estimate of drug-likeness (QED) is 0.229. The molecule has 214 valence electrons. The van der Waals surface area contributed by atoms with Gasteiger partial charge >= 0.3 is 12.1 Å². The summed E-state index contributed by atoms with van der Waals surface area (Å²) in [7, 11) is 1.49. The number of anilines is 1. The molecule has 2 unspecified atom stereocenters. The number of piperazine rings is 1. The Hall–Kier alpha value is -4.45. The van der Waals surface area contributed by atoms with Gasteiger partial charge in [-0.2, -0.15) is 9.97 Å². The van der Waals surface area contributed by atoms with Crippen molar-refractivity contribution in [1.29, 1.82) is 0 Å². The van der Waals surface area contributed by atoms with Crippen LogP contribution in [0.4, 0.5) is 19.4 Å². The van der Waals surface area contributed by atoms with Crippen molar-refractivity contribution < 1.29 is 23.0 Å². The monoisotopic (exact) mass is 568 g/mol. The number of carbonyl (C=O) groups is 1. The summed E-state index contributed by atoms with van der Waals surface area (Å²) in [6.07, 6.45) is 2.29. The van der Waals surface area contributed by atoms with E-state index in [0.29, 0.717) is 46.3 Å². The third kappa shape index (κ3) is 4.20. The molecule has 1 amide bonds. The molecule has 4 aliphatic rings. The Morgan fingerprint density at radius 3 is 2.57 bits per heavy atom. The van der Waals surface area contributed by atoms with Gasteiger partial charge in [0.2, 0.25) is 0 Å². The lowest BCUT2D eigenvalue weighted by Gasteiger charge is -2.44. The Labute approximate surface area is 242 Å². The first-order chi connectivity index (χ1) is 20.1. The van der Waals surface area contributed by atoms with Crippen LogP contribution in [-0.2, 0) is 4.74 Å². The number of fused-ring (bicyclic) bond motifs is 8. The van der Waals surface area contributed by atoms with Gasteiger partial charge in [0.1, 0.15) is 23.1 Å². The molecule has 9 heteroatoms. The van der Waals surface area contributed by atoms with Gasteiger partial charge in [-0.3, -0.25) is 0 Å². The zero-order valence-electron chi connectivity index (χ0n) is 23.9. The topological polar surface area (TPSA) is 67.8 Å². The average Bonchev–Trinajstić information content (AvgIpc) is 3.37. The van der Waals surface area contributed by atoms with E-state index in [-0.39, 0.29) is 35.3 Å². The standard InChI is InChI=1S/C33H30F2N4O3/c1-33(2,3)42-32(40)39-17-19-8-6-9-20(39)16-38(19)30-24-15-26(35)28-22-10-5-7-18-11-14-25(34)21(27(18)22)12-13-23(28)29(24)36-31(37-30)41-4/h5,7,10-11,14-15,19-20H,6,8-9,16-17H2,1-4H3. The molecule has 42 heavy (non-hydrogen) atoms. The van der Waals surface area contributed by atoms with Crippen LogP contribution in [0.3, 0.4) is 0 Å². The van der Waals surface area contributed by atoms with E-state index in [9.17, 15) is 9.18 Å². The Balaban J connectivity index is 1.40. The maximum atomic E-state index is 16.3. The third-order valence-electron chi connectivity index (χ3n) is 8.33. The molecule has 4 aromatic rings. The molecule has 7 nitrogen and oxygen atoms in total. The van der Waals surface area contributed by atoms with Crippen molar-refractivity contribution in [3.63, 3.8) is 0 Å². The van der Waals surface area contributed by atoms with E-state index in [1.807, 2.05) is 37.8 Å². The van der Waals surface area contributed by atoms with Gasteiger partial charge in [-0.05, 0) is 63.1 Å². The van der Waals surface area contributed by atoms with Gasteiger partial charge < -0.3 is 19.3 Å². The van der Waals surface area contributed by atoms with Crippen molar-refractivity contribution in [2.75, 3.05) is 25.1 Å². The fraction of sp³-hybridized carbons (Fsp3) is 0.364. The number of amides is 1. The normalized spacial score (nSPS) is 19.2. The van der Waals surface area contributed by atoms with Crippen LogP contribution in [0.1, 0.15) is 51.2 Å². The van der Waals surface area contributed by atoms with Crippen molar-refractivity contribution in [2.24, 2.45) is 0 Å². The molecule has 8 rings (SSSR count). The van der Waals surface area contributed by atoms with E-state index in [4.69, 9.17) is 14.5 Å². The second kappa shape index (κ2) is 9.55. The molecule has 0 spiro atoms. The summed E-state index contributed by atoms with van der Waals surface area (Å²) in [5.41, 5.74) is 1.28. The van der Waals surface area contributed by atoms with E-state index >= 15 is 4.39 Å². The first-order valence-electron chi connectivity index (χ1n) is 14.2. The number of carbonyl (C=O) groups excluding carboxylic acids is 1. The van der Waals surface area contributed by atoms with Crippen molar-refractivity contribution in [2.45, 2.75) is 57.7 Å². The number of aromatic nitrogens is 2. The molecule has 3 aromatic carbocycles. The van der Waals surface area contributed by atoms with Crippen LogP contribution >= 0.6 is 0 Å². The van der Waals surface area contributed by atoms with E-state index in [0.717, 1.165) is 24.6 Å². The van der Waals surface area contributed by atoms with Crippen LogP contribution in [0.5, 0.6) is 6.01 Å². The smallest absolute Gasteiger partial charge is 0.410 e. The van der Waals surface area contributed by atoms with E-state index in [1.165, 1.54) is 19.2 Å². The number of nitrogens with zero attached hydrogens (tertiary/aromatic N) is 4. The summed E-state index contributed by atoms with van der Waals surface area (Å²) in [6, 6.07) is 9.99. The van der Waals surface area contributed by atoms with Gasteiger partial charge in [0.15, 0.2) is 0 Å². The number of ether oxygens (including phenoxy) is 2. The second-order valence-electron chi connectivity index (χ2n) is 12.1. The number of hydrogen-bond donors (Lipinski definition) is 0. The number of methoxy groups -OCH3 is 1. The molecule has 1 aliphatic carbocycles. The predicted molar refractivity (Wildman–Crippen MR) is 157 cm³/mol. The molecule has 2 bridgehead atoms. The van der Waals surface area contributed by atoms with Crippen molar-refractivity contribution in [3.8, 4) is 29.0 Å². The molecule has 0 N–H and O–H groups in total. The summed E-state index contributed by atoms with van der Waals surface area (Å²) in [5, 5.41) is 1.85. The lowest BCUT2D eigenvalue weighted by atomic mass is 9.92. The van der Waals surface area contributed by atoms with Gasteiger partial charge in [0.25, 0.3) is 0 Å². The predicted octanol–water partition coefficient (Wildman–Crippen LogP) is 6.43. The van der Waals surface area contributed by atoms with Gasteiger partial charge in [0, 0.05) is 35.5 Å². The van der Waals surface area contributed by atoms with Crippen LogP contribution in [0.25, 0.3) is 32.8 Å². The van der Waals surface area contributed by atoms with Gasteiger partial charge in [0.05, 0.1) is 29.8 Å². The van der Waals surface area contributed by atoms with E-state index in [2.05, 4.69) is 21.7 Å². The highest BCUT2D eigenvalue weighted by Gasteiger charge is 2.42. The fourth-order valence-corrected chi connectivity index (χ4v) is 6.54. The van der Waals surface area contributed by atoms with Gasteiger partial charge in [-0.15, -0.1) is 0 Å². The highest BCUT2D eigenvalue weighted by Crippen LogP contribution is 2.43. The zero-order chi connectivity index (χ0) is 29.3. The summed E-state index contributed by atoms with van der Waals surface area (Å²) in [6.45, 7) is 6.57. The minimum absolute atomic E-state index is 0.0564. The lowest BCUT2D eigenvalue weighted by Crippen LogP contribution is -2.59. The fourth-order valence-electron chi connectivity index (χ4n) is 6.54. The van der Waals surface area contributed by atoms with Crippen molar-refractivity contribution in [3.05, 3.63) is 59.2 Å². The lowest BCUT2D eigenvalue weighted by molar-refractivity contribution is 0.0123. The Morgan fingerprint density at radius 1 is 1.00 bits per heavy atom. The number of benzene rings is 3. The molecule has 3 fully saturated rings. The van der Waals surface area contributed by atoms with Crippen LogP contribution in [0.15, 0.2) is 36.4 Å². The van der Waals surface area contributed by atoms with Crippen LogP contribution in [-0.4, -0.2) is 58.8 Å². The SMILES string of the molecule is COc1nc(N2CC3CCCC2CN3C(=O)OC(C)(C)C)c2cc(F)c3c(c2n1)C#Cc1c(F)ccc2cccc-3c12. The molecule has 0 radical (unpaired) electrons. The van der Waals surface area contributed by atoms with E-state index in [1.54, 1.807) is 12.1 Å². The summed E-state index contributed by atoms with van der Waals surface area (Å²) < 4.78 is 42.5. The Morgan fingerprint density at radius 2 is 1.79 bits per heavy atom. The minimum Gasteiger partial charge on any atom is -0.467 e.